The second kappa shape index (κ2) is 9.22. The summed E-state index contributed by atoms with van der Waals surface area (Å²) in [4.78, 5) is 23.6. The maximum Gasteiger partial charge on any atom is 0.269 e. The average Bonchev–Trinajstić information content (AvgIpc) is 2.59. The van der Waals surface area contributed by atoms with E-state index in [0.717, 1.165) is 0 Å². The summed E-state index contributed by atoms with van der Waals surface area (Å²) in [7, 11) is 0. The lowest BCUT2D eigenvalue weighted by atomic mass is 10.2. The van der Waals surface area contributed by atoms with Crippen molar-refractivity contribution in [1.82, 2.24) is 16.2 Å². The minimum Gasteiger partial charge on any atom is -0.484 e. The van der Waals surface area contributed by atoms with E-state index < -0.39 is 11.8 Å². The third-order valence-electron chi connectivity index (χ3n) is 2.81. The molecule has 0 saturated carbocycles. The zero-order valence-corrected chi connectivity index (χ0v) is 15.0. The van der Waals surface area contributed by atoms with Crippen molar-refractivity contribution in [3.05, 3.63) is 64.1 Å². The number of carbonyl (C=O) groups excluding carboxylic acids is 2. The summed E-state index contributed by atoms with van der Waals surface area (Å²) in [5.74, 6) is -0.436. The molecule has 0 aliphatic heterocycles. The molecule has 0 bridgehead atoms. The van der Waals surface area contributed by atoms with E-state index in [-0.39, 0.29) is 11.7 Å². The van der Waals surface area contributed by atoms with Gasteiger partial charge in [-0.3, -0.25) is 25.8 Å². The summed E-state index contributed by atoms with van der Waals surface area (Å²) in [5.41, 5.74) is 5.12. The highest BCUT2D eigenvalue weighted by molar-refractivity contribution is 7.80. The minimum atomic E-state index is -0.482. The number of nitrogens with one attached hydrogen (secondary N) is 3. The van der Waals surface area contributed by atoms with E-state index in [4.69, 9.17) is 40.2 Å². The molecule has 6 nitrogen and oxygen atoms in total. The number of benzene rings is 2. The Hall–Kier alpha value is -2.35. The van der Waals surface area contributed by atoms with Crippen LogP contribution in [0, 0.1) is 0 Å². The molecule has 0 heterocycles. The monoisotopic (exact) mass is 397 g/mol. The largest absolute Gasteiger partial charge is 0.484 e. The highest BCUT2D eigenvalue weighted by atomic mass is 35.5. The number of hydrogen-bond acceptors (Lipinski definition) is 4. The molecule has 9 heteroatoms. The van der Waals surface area contributed by atoms with Crippen molar-refractivity contribution in [3.8, 4) is 5.75 Å². The quantitative estimate of drug-likeness (QED) is 0.545. The van der Waals surface area contributed by atoms with E-state index in [1.54, 1.807) is 42.5 Å². The van der Waals surface area contributed by atoms with Crippen LogP contribution < -0.4 is 20.9 Å². The van der Waals surface area contributed by atoms with Crippen molar-refractivity contribution in [2.75, 3.05) is 6.61 Å². The van der Waals surface area contributed by atoms with Crippen molar-refractivity contribution < 1.29 is 14.3 Å². The summed E-state index contributed by atoms with van der Waals surface area (Å²) in [6.45, 7) is -0.244. The van der Waals surface area contributed by atoms with Crippen LogP contribution in [0.1, 0.15) is 10.4 Å². The molecule has 0 saturated heterocycles. The Balaban J connectivity index is 1.73. The van der Waals surface area contributed by atoms with Crippen molar-refractivity contribution in [2.24, 2.45) is 0 Å². The number of thiocarbonyl (C=S) groups is 1. The van der Waals surface area contributed by atoms with Gasteiger partial charge in [0.1, 0.15) is 5.75 Å². The van der Waals surface area contributed by atoms with Gasteiger partial charge in [0.2, 0.25) is 0 Å². The van der Waals surface area contributed by atoms with Crippen LogP contribution in [0.2, 0.25) is 10.0 Å². The fourth-order valence-electron chi connectivity index (χ4n) is 1.69. The van der Waals surface area contributed by atoms with E-state index in [1.165, 1.54) is 6.07 Å². The first-order valence-corrected chi connectivity index (χ1v) is 8.14. The molecule has 2 rings (SSSR count). The van der Waals surface area contributed by atoms with E-state index in [0.29, 0.717) is 21.4 Å². The van der Waals surface area contributed by atoms with Gasteiger partial charge in [-0.15, -0.1) is 0 Å². The fourth-order valence-corrected chi connectivity index (χ4v) is 2.17. The molecular weight excluding hydrogens is 385 g/mol. The van der Waals surface area contributed by atoms with Crippen LogP contribution in [0.5, 0.6) is 5.75 Å². The van der Waals surface area contributed by atoms with Gasteiger partial charge in [-0.05, 0) is 54.7 Å². The molecular formula is C16H13Cl2N3O3S. The van der Waals surface area contributed by atoms with Crippen molar-refractivity contribution >= 4 is 52.3 Å². The Bertz CT molecular complexity index is 784. The Morgan fingerprint density at radius 2 is 1.72 bits per heavy atom. The summed E-state index contributed by atoms with van der Waals surface area (Å²) < 4.78 is 5.27. The maximum absolute atomic E-state index is 11.9. The molecule has 0 unspecified atom stereocenters. The van der Waals surface area contributed by atoms with Gasteiger partial charge in [-0.1, -0.05) is 29.3 Å². The number of halogens is 2. The molecule has 0 fully saturated rings. The number of ether oxygens (including phenoxy) is 1. The number of carbonyl (C=O) groups is 2. The number of amides is 2. The Morgan fingerprint density at radius 1 is 1.00 bits per heavy atom. The van der Waals surface area contributed by atoms with Crippen LogP contribution in [0.15, 0.2) is 48.5 Å². The normalized spacial score (nSPS) is 9.84. The molecule has 0 aliphatic rings. The molecule has 0 aliphatic carbocycles. The molecule has 0 aromatic heterocycles. The third kappa shape index (κ3) is 6.58. The molecule has 25 heavy (non-hydrogen) atoms. The van der Waals surface area contributed by atoms with Gasteiger partial charge in [0.05, 0.1) is 0 Å². The second-order valence-corrected chi connectivity index (χ2v) is 5.99. The summed E-state index contributed by atoms with van der Waals surface area (Å²) in [6, 6.07) is 12.9. The van der Waals surface area contributed by atoms with E-state index in [9.17, 15) is 9.59 Å². The van der Waals surface area contributed by atoms with Crippen LogP contribution in [0.25, 0.3) is 0 Å². The van der Waals surface area contributed by atoms with Crippen LogP contribution in [0.4, 0.5) is 0 Å². The van der Waals surface area contributed by atoms with Crippen LogP contribution in [-0.2, 0) is 4.79 Å². The van der Waals surface area contributed by atoms with Crippen molar-refractivity contribution in [1.29, 1.82) is 0 Å². The van der Waals surface area contributed by atoms with Crippen LogP contribution in [-0.4, -0.2) is 23.5 Å². The highest BCUT2D eigenvalue weighted by Gasteiger charge is 2.09. The molecule has 0 spiro atoms. The fraction of sp³-hybridized carbons (Fsp3) is 0.0625. The molecule has 130 valence electrons. The molecule has 2 aromatic carbocycles. The van der Waals surface area contributed by atoms with E-state index in [1.807, 2.05) is 0 Å². The molecule has 2 aromatic rings. The Morgan fingerprint density at radius 3 is 2.40 bits per heavy atom. The van der Waals surface area contributed by atoms with Gasteiger partial charge in [-0.2, -0.15) is 0 Å². The smallest absolute Gasteiger partial charge is 0.269 e. The van der Waals surface area contributed by atoms with Gasteiger partial charge >= 0.3 is 0 Å². The van der Waals surface area contributed by atoms with Gasteiger partial charge in [0.15, 0.2) is 11.7 Å². The van der Waals surface area contributed by atoms with Crippen molar-refractivity contribution in [3.63, 3.8) is 0 Å². The van der Waals surface area contributed by atoms with Crippen molar-refractivity contribution in [2.45, 2.75) is 0 Å². The number of hydrogen-bond donors (Lipinski definition) is 3. The average molecular weight is 398 g/mol. The zero-order valence-electron chi connectivity index (χ0n) is 12.7. The standard InChI is InChI=1S/C16H13Cl2N3O3S/c17-11-4-6-13(7-5-11)24-9-14(22)19-16(25)21-20-15(23)10-2-1-3-12(18)8-10/h1-8H,9H2,(H,20,23)(H2,19,21,22,25). The first kappa shape index (κ1) is 19.0. The first-order valence-electron chi connectivity index (χ1n) is 6.98. The first-order chi connectivity index (χ1) is 11.9. The highest BCUT2D eigenvalue weighted by Crippen LogP contribution is 2.15. The summed E-state index contributed by atoms with van der Waals surface area (Å²) in [5, 5.41) is 3.30. The van der Waals surface area contributed by atoms with E-state index in [2.05, 4.69) is 16.2 Å². The lowest BCUT2D eigenvalue weighted by molar-refractivity contribution is -0.121. The SMILES string of the molecule is O=C(COc1ccc(Cl)cc1)NC(=S)NNC(=O)c1cccc(Cl)c1. The van der Waals surface area contributed by atoms with E-state index >= 15 is 0 Å². The molecule has 2 amide bonds. The Labute approximate surface area is 159 Å². The van der Waals surface area contributed by atoms with Crippen LogP contribution in [0.3, 0.4) is 0 Å². The maximum atomic E-state index is 11.9. The lowest BCUT2D eigenvalue weighted by Gasteiger charge is -2.11. The molecule has 0 atom stereocenters. The van der Waals surface area contributed by atoms with Gasteiger partial charge in [-0.25, -0.2) is 0 Å². The summed E-state index contributed by atoms with van der Waals surface area (Å²) in [6.07, 6.45) is 0. The van der Waals surface area contributed by atoms with Gasteiger partial charge in [0, 0.05) is 15.6 Å². The second-order valence-electron chi connectivity index (χ2n) is 4.71. The number of hydrazine groups is 1. The topological polar surface area (TPSA) is 79.5 Å². The zero-order chi connectivity index (χ0) is 18.2. The van der Waals surface area contributed by atoms with Crippen LogP contribution >= 0.6 is 35.4 Å². The predicted molar refractivity (Wildman–Crippen MR) is 99.7 cm³/mol. The predicted octanol–water partition coefficient (Wildman–Crippen LogP) is 2.71. The van der Waals surface area contributed by atoms with Gasteiger partial charge in [0.25, 0.3) is 11.8 Å². The Kier molecular flexibility index (Phi) is 7.00. The summed E-state index contributed by atoms with van der Waals surface area (Å²) >= 11 is 16.5. The number of rotatable bonds is 4. The third-order valence-corrected chi connectivity index (χ3v) is 3.50. The molecule has 0 radical (unpaired) electrons. The lowest BCUT2D eigenvalue weighted by Crippen LogP contribution is -2.49. The minimum absolute atomic E-state index is 0.0694. The molecule has 3 N–H and O–H groups in total. The van der Waals surface area contributed by atoms with Gasteiger partial charge < -0.3 is 4.74 Å².